The second kappa shape index (κ2) is 4.30. The van der Waals surface area contributed by atoms with Crippen LogP contribution in [0.25, 0.3) is 0 Å². The summed E-state index contributed by atoms with van der Waals surface area (Å²) in [7, 11) is 0. The van der Waals surface area contributed by atoms with Crippen LogP contribution in [-0.4, -0.2) is 19.4 Å². The van der Waals surface area contributed by atoms with Gasteiger partial charge >= 0.3 is 0 Å². The fraction of sp³-hybridized carbons (Fsp3) is 0.308. The van der Waals surface area contributed by atoms with E-state index < -0.39 is 0 Å². The number of nitrogens with zero attached hydrogens (tertiary/aromatic N) is 1. The molecule has 0 N–H and O–H groups in total. The predicted octanol–water partition coefficient (Wildman–Crippen LogP) is 2.57. The Morgan fingerprint density at radius 1 is 1.33 bits per heavy atom. The summed E-state index contributed by atoms with van der Waals surface area (Å²) in [5, 5.41) is 0. The van der Waals surface area contributed by atoms with E-state index in [1.54, 1.807) is 0 Å². The number of carbonyl (C=O) groups is 1. The molecule has 0 amide bonds. The first-order chi connectivity index (χ1) is 7.31. The van der Waals surface area contributed by atoms with Gasteiger partial charge in [0.2, 0.25) is 0 Å². The molecule has 1 aromatic carbocycles. The third-order valence-electron chi connectivity index (χ3n) is 2.76. The van der Waals surface area contributed by atoms with Crippen molar-refractivity contribution >= 4 is 12.0 Å². The molecule has 0 bridgehead atoms. The van der Waals surface area contributed by atoms with Crippen molar-refractivity contribution in [1.29, 1.82) is 0 Å². The third kappa shape index (κ3) is 2.09. The molecule has 2 heteroatoms. The van der Waals surface area contributed by atoms with Crippen LogP contribution < -0.4 is 4.90 Å². The second-order valence-electron chi connectivity index (χ2n) is 3.87. The molecule has 0 spiro atoms. The lowest BCUT2D eigenvalue weighted by molar-refractivity contribution is 0.112. The summed E-state index contributed by atoms with van der Waals surface area (Å²) in [6.45, 7) is 4.10. The largest absolute Gasteiger partial charge is 0.367 e. The Bertz CT molecular complexity index is 396. The number of carbonyl (C=O) groups excluding carboxylic acids is 1. The minimum atomic E-state index is 0.754. The quantitative estimate of drug-likeness (QED) is 0.541. The van der Waals surface area contributed by atoms with E-state index in [0.717, 1.165) is 31.4 Å². The first kappa shape index (κ1) is 9.97. The molecule has 78 valence electrons. The van der Waals surface area contributed by atoms with Crippen molar-refractivity contribution in [3.05, 3.63) is 41.5 Å². The molecule has 0 aromatic heterocycles. The van der Waals surface area contributed by atoms with Gasteiger partial charge < -0.3 is 4.90 Å². The summed E-state index contributed by atoms with van der Waals surface area (Å²) < 4.78 is 0. The molecule has 0 unspecified atom stereocenters. The van der Waals surface area contributed by atoms with Crippen LogP contribution >= 0.6 is 0 Å². The molecule has 0 radical (unpaired) electrons. The average Bonchev–Trinajstić information content (AvgIpc) is 2.30. The Labute approximate surface area is 90.2 Å². The predicted molar refractivity (Wildman–Crippen MR) is 62.5 cm³/mol. The standard InChI is InChI=1S/C13H15NO/c1-11-9-12(10-15)5-6-13(11)14-7-3-2-4-8-14/h2-3,5-6,9-10H,4,7-8H2,1H3. The lowest BCUT2D eigenvalue weighted by atomic mass is 10.1. The van der Waals surface area contributed by atoms with E-state index in [1.165, 1.54) is 11.3 Å². The van der Waals surface area contributed by atoms with Crippen LogP contribution in [0.5, 0.6) is 0 Å². The topological polar surface area (TPSA) is 20.3 Å². The SMILES string of the molecule is Cc1cc(C=O)ccc1N1CC=CCC1. The summed E-state index contributed by atoms with van der Waals surface area (Å²) in [6.07, 6.45) is 6.41. The Hall–Kier alpha value is -1.57. The minimum Gasteiger partial charge on any atom is -0.367 e. The molecular formula is C13H15NO. The van der Waals surface area contributed by atoms with Crippen molar-refractivity contribution in [3.8, 4) is 0 Å². The van der Waals surface area contributed by atoms with Crippen LogP contribution in [0.4, 0.5) is 5.69 Å². The van der Waals surface area contributed by atoms with E-state index in [4.69, 9.17) is 0 Å². The van der Waals surface area contributed by atoms with Gasteiger partial charge in [0.1, 0.15) is 6.29 Å². The van der Waals surface area contributed by atoms with Gasteiger partial charge in [-0.3, -0.25) is 4.79 Å². The van der Waals surface area contributed by atoms with Crippen molar-refractivity contribution in [2.75, 3.05) is 18.0 Å². The van der Waals surface area contributed by atoms with Gasteiger partial charge in [-0.1, -0.05) is 12.2 Å². The van der Waals surface area contributed by atoms with E-state index in [2.05, 4.69) is 24.0 Å². The van der Waals surface area contributed by atoms with Crippen LogP contribution in [0, 0.1) is 6.92 Å². The molecule has 15 heavy (non-hydrogen) atoms. The van der Waals surface area contributed by atoms with Gasteiger partial charge in [0.25, 0.3) is 0 Å². The lowest BCUT2D eigenvalue weighted by Gasteiger charge is -2.27. The number of rotatable bonds is 2. The normalized spacial score (nSPS) is 15.4. The molecule has 2 nitrogen and oxygen atoms in total. The van der Waals surface area contributed by atoms with Gasteiger partial charge in [0.15, 0.2) is 0 Å². The van der Waals surface area contributed by atoms with Crippen LogP contribution in [0.1, 0.15) is 22.3 Å². The van der Waals surface area contributed by atoms with Crippen LogP contribution in [0.2, 0.25) is 0 Å². The Morgan fingerprint density at radius 3 is 2.80 bits per heavy atom. The van der Waals surface area contributed by atoms with Crippen LogP contribution in [0.3, 0.4) is 0 Å². The number of aldehydes is 1. The highest BCUT2D eigenvalue weighted by molar-refractivity contribution is 5.77. The van der Waals surface area contributed by atoms with Gasteiger partial charge in [0.05, 0.1) is 0 Å². The smallest absolute Gasteiger partial charge is 0.150 e. The molecule has 0 aliphatic carbocycles. The van der Waals surface area contributed by atoms with Gasteiger partial charge in [0, 0.05) is 24.3 Å². The highest BCUT2D eigenvalue weighted by Gasteiger charge is 2.09. The highest BCUT2D eigenvalue weighted by Crippen LogP contribution is 2.22. The molecule has 2 rings (SSSR count). The summed E-state index contributed by atoms with van der Waals surface area (Å²) in [4.78, 5) is 13.0. The summed E-state index contributed by atoms with van der Waals surface area (Å²) in [5.74, 6) is 0. The van der Waals surface area contributed by atoms with Gasteiger partial charge in [-0.05, 0) is 37.1 Å². The van der Waals surface area contributed by atoms with Gasteiger partial charge in [-0.25, -0.2) is 0 Å². The Morgan fingerprint density at radius 2 is 2.20 bits per heavy atom. The minimum absolute atomic E-state index is 0.754. The number of hydrogen-bond donors (Lipinski definition) is 0. The number of anilines is 1. The number of aryl methyl sites for hydroxylation is 1. The fourth-order valence-electron chi connectivity index (χ4n) is 1.97. The maximum atomic E-state index is 10.6. The van der Waals surface area contributed by atoms with E-state index in [1.807, 2.05) is 18.2 Å². The number of hydrogen-bond acceptors (Lipinski definition) is 2. The van der Waals surface area contributed by atoms with Crippen molar-refractivity contribution < 1.29 is 4.79 Å². The zero-order chi connectivity index (χ0) is 10.7. The van der Waals surface area contributed by atoms with E-state index >= 15 is 0 Å². The molecule has 0 saturated carbocycles. The molecule has 0 atom stereocenters. The molecule has 1 aliphatic heterocycles. The van der Waals surface area contributed by atoms with Gasteiger partial charge in [-0.15, -0.1) is 0 Å². The highest BCUT2D eigenvalue weighted by atomic mass is 16.1. The third-order valence-corrected chi connectivity index (χ3v) is 2.76. The van der Waals surface area contributed by atoms with Gasteiger partial charge in [-0.2, -0.15) is 0 Å². The molecule has 0 saturated heterocycles. The Balaban J connectivity index is 2.28. The zero-order valence-corrected chi connectivity index (χ0v) is 8.94. The summed E-state index contributed by atoms with van der Waals surface area (Å²) in [5.41, 5.74) is 3.17. The van der Waals surface area contributed by atoms with E-state index in [0.29, 0.717) is 0 Å². The molecule has 1 aromatic rings. The maximum absolute atomic E-state index is 10.6. The Kier molecular flexibility index (Phi) is 2.86. The van der Waals surface area contributed by atoms with Crippen LogP contribution in [-0.2, 0) is 0 Å². The zero-order valence-electron chi connectivity index (χ0n) is 8.94. The molecular weight excluding hydrogens is 186 g/mol. The lowest BCUT2D eigenvalue weighted by Crippen LogP contribution is -2.27. The summed E-state index contributed by atoms with van der Waals surface area (Å²) in [6, 6.07) is 5.87. The second-order valence-corrected chi connectivity index (χ2v) is 3.87. The van der Waals surface area contributed by atoms with E-state index in [9.17, 15) is 4.79 Å². The van der Waals surface area contributed by atoms with Crippen molar-refractivity contribution in [3.63, 3.8) is 0 Å². The molecule has 1 aliphatic rings. The first-order valence-electron chi connectivity index (χ1n) is 5.27. The van der Waals surface area contributed by atoms with Crippen molar-refractivity contribution in [2.24, 2.45) is 0 Å². The van der Waals surface area contributed by atoms with Crippen molar-refractivity contribution in [1.82, 2.24) is 0 Å². The van der Waals surface area contributed by atoms with Crippen molar-refractivity contribution in [2.45, 2.75) is 13.3 Å². The monoisotopic (exact) mass is 201 g/mol. The molecule has 1 heterocycles. The number of benzene rings is 1. The first-order valence-corrected chi connectivity index (χ1v) is 5.27. The summed E-state index contributed by atoms with van der Waals surface area (Å²) >= 11 is 0. The maximum Gasteiger partial charge on any atom is 0.150 e. The van der Waals surface area contributed by atoms with E-state index in [-0.39, 0.29) is 0 Å². The fourth-order valence-corrected chi connectivity index (χ4v) is 1.97. The molecule has 0 fully saturated rings. The average molecular weight is 201 g/mol. The van der Waals surface area contributed by atoms with Crippen LogP contribution in [0.15, 0.2) is 30.4 Å².